The topological polar surface area (TPSA) is 86.8 Å². The summed E-state index contributed by atoms with van der Waals surface area (Å²) >= 11 is 9.70. The van der Waals surface area contributed by atoms with Crippen LogP contribution < -0.4 is 9.62 Å². The number of aryl methyl sites for hydroxylation is 1. The van der Waals surface area contributed by atoms with Gasteiger partial charge in [0.15, 0.2) is 0 Å². The van der Waals surface area contributed by atoms with Crippen molar-refractivity contribution < 1.29 is 18.0 Å². The number of anilines is 1. The summed E-state index contributed by atoms with van der Waals surface area (Å²) in [5.41, 5.74) is 1.86. The van der Waals surface area contributed by atoms with Crippen LogP contribution >= 0.6 is 27.5 Å². The number of amides is 2. The highest BCUT2D eigenvalue weighted by molar-refractivity contribution is 9.10. The van der Waals surface area contributed by atoms with Crippen molar-refractivity contribution in [3.8, 4) is 0 Å². The molecule has 0 spiro atoms. The van der Waals surface area contributed by atoms with Crippen LogP contribution in [0.15, 0.2) is 46.9 Å². The minimum Gasteiger partial charge on any atom is -0.354 e. The van der Waals surface area contributed by atoms with Crippen LogP contribution in [0.2, 0.25) is 5.02 Å². The van der Waals surface area contributed by atoms with Crippen molar-refractivity contribution in [3.05, 3.63) is 63.1 Å². The number of benzene rings is 2. The van der Waals surface area contributed by atoms with E-state index in [1.54, 1.807) is 49.4 Å². The third-order valence-corrected chi connectivity index (χ3v) is 7.52. The third-order valence-electron chi connectivity index (χ3n) is 5.12. The molecule has 0 aliphatic carbocycles. The number of carbonyl (C=O) groups is 2. The van der Waals surface area contributed by atoms with E-state index in [9.17, 15) is 18.0 Å². The predicted molar refractivity (Wildman–Crippen MR) is 136 cm³/mol. The van der Waals surface area contributed by atoms with Crippen molar-refractivity contribution in [3.63, 3.8) is 0 Å². The molecule has 0 aliphatic heterocycles. The molecule has 2 aromatic carbocycles. The van der Waals surface area contributed by atoms with Gasteiger partial charge < -0.3 is 10.2 Å². The van der Waals surface area contributed by atoms with E-state index < -0.39 is 28.5 Å². The smallest absolute Gasteiger partial charge is 0.244 e. The second kappa shape index (κ2) is 11.9. The second-order valence-electron chi connectivity index (χ2n) is 7.78. The Bertz CT molecular complexity index is 1110. The SMILES string of the molecule is CCCNC(=O)[C@H](C)N(Cc1ccccc1Cl)C(=O)CN(c1ccc(Br)c(C)c1)S(C)(=O)=O. The minimum absolute atomic E-state index is 0.0657. The van der Waals surface area contributed by atoms with Crippen LogP contribution in [0, 0.1) is 6.92 Å². The summed E-state index contributed by atoms with van der Waals surface area (Å²) < 4.78 is 27.0. The number of carbonyl (C=O) groups excluding carboxylic acids is 2. The molecule has 0 aliphatic rings. The van der Waals surface area contributed by atoms with Gasteiger partial charge in [-0.05, 0) is 55.7 Å². The Balaban J connectivity index is 2.40. The molecule has 0 fully saturated rings. The van der Waals surface area contributed by atoms with Crippen molar-refractivity contribution >= 4 is 55.1 Å². The van der Waals surface area contributed by atoms with Gasteiger partial charge in [0, 0.05) is 22.6 Å². The summed E-state index contributed by atoms with van der Waals surface area (Å²) in [6.45, 7) is 5.48. The Hall–Kier alpha value is -2.10. The number of halogens is 2. The van der Waals surface area contributed by atoms with Crippen molar-refractivity contribution in [2.75, 3.05) is 23.7 Å². The summed E-state index contributed by atoms with van der Waals surface area (Å²) in [5, 5.41) is 3.25. The van der Waals surface area contributed by atoms with Crippen LogP contribution in [0.3, 0.4) is 0 Å². The van der Waals surface area contributed by atoms with E-state index in [2.05, 4.69) is 21.2 Å². The van der Waals surface area contributed by atoms with Crippen molar-refractivity contribution in [2.45, 2.75) is 39.8 Å². The molecule has 10 heteroatoms. The zero-order valence-corrected chi connectivity index (χ0v) is 22.3. The average molecular weight is 559 g/mol. The highest BCUT2D eigenvalue weighted by Gasteiger charge is 2.30. The summed E-state index contributed by atoms with van der Waals surface area (Å²) in [4.78, 5) is 27.5. The molecule has 0 bridgehead atoms. The number of hydrogen-bond donors (Lipinski definition) is 1. The van der Waals surface area contributed by atoms with E-state index in [-0.39, 0.29) is 12.5 Å². The molecule has 0 saturated carbocycles. The first-order chi connectivity index (χ1) is 15.5. The number of nitrogens with zero attached hydrogens (tertiary/aromatic N) is 2. The molecule has 1 atom stereocenters. The quantitative estimate of drug-likeness (QED) is 0.475. The van der Waals surface area contributed by atoms with E-state index in [0.29, 0.717) is 22.8 Å². The van der Waals surface area contributed by atoms with E-state index >= 15 is 0 Å². The predicted octanol–water partition coefficient (Wildman–Crippen LogP) is 4.12. The lowest BCUT2D eigenvalue weighted by atomic mass is 10.1. The molecule has 33 heavy (non-hydrogen) atoms. The average Bonchev–Trinajstić information content (AvgIpc) is 2.75. The number of sulfonamides is 1. The monoisotopic (exact) mass is 557 g/mol. The van der Waals surface area contributed by atoms with Crippen LogP contribution in [0.1, 0.15) is 31.4 Å². The van der Waals surface area contributed by atoms with Crippen LogP contribution in [0.5, 0.6) is 0 Å². The lowest BCUT2D eigenvalue weighted by Gasteiger charge is -2.31. The first-order valence-electron chi connectivity index (χ1n) is 10.5. The maximum atomic E-state index is 13.4. The molecule has 0 radical (unpaired) electrons. The first-order valence-corrected chi connectivity index (χ1v) is 13.5. The maximum Gasteiger partial charge on any atom is 0.244 e. The molecule has 2 rings (SSSR count). The van der Waals surface area contributed by atoms with Gasteiger partial charge >= 0.3 is 0 Å². The van der Waals surface area contributed by atoms with E-state index in [1.807, 2.05) is 13.8 Å². The van der Waals surface area contributed by atoms with Crippen molar-refractivity contribution in [1.82, 2.24) is 10.2 Å². The molecule has 2 aromatic rings. The standard InChI is InChI=1S/C23H29BrClN3O4S/c1-5-12-26-23(30)17(3)27(14-18-8-6-7-9-21(18)25)22(29)15-28(33(4,31)32)19-10-11-20(24)16(2)13-19/h6-11,13,17H,5,12,14-15H2,1-4H3,(H,26,30)/t17-/m0/s1. The van der Waals surface area contributed by atoms with Gasteiger partial charge in [-0.3, -0.25) is 13.9 Å². The zero-order valence-electron chi connectivity index (χ0n) is 19.1. The Morgan fingerprint density at radius 1 is 1.18 bits per heavy atom. The Morgan fingerprint density at radius 2 is 1.85 bits per heavy atom. The van der Waals surface area contributed by atoms with E-state index in [1.165, 1.54) is 4.90 Å². The van der Waals surface area contributed by atoms with Crippen LogP contribution in [-0.2, 0) is 26.2 Å². The molecule has 0 saturated heterocycles. The molecular weight excluding hydrogens is 530 g/mol. The second-order valence-corrected chi connectivity index (χ2v) is 11.0. The van der Waals surface area contributed by atoms with Crippen molar-refractivity contribution in [2.24, 2.45) is 0 Å². The van der Waals surface area contributed by atoms with Gasteiger partial charge in [0.25, 0.3) is 0 Å². The molecule has 0 heterocycles. The van der Waals surface area contributed by atoms with E-state index in [4.69, 9.17) is 11.6 Å². The summed E-state index contributed by atoms with van der Waals surface area (Å²) in [6, 6.07) is 11.3. The highest BCUT2D eigenvalue weighted by Crippen LogP contribution is 2.25. The lowest BCUT2D eigenvalue weighted by Crippen LogP contribution is -2.51. The summed E-state index contributed by atoms with van der Waals surface area (Å²) in [7, 11) is -3.77. The Labute approximate surface area is 209 Å². The molecule has 2 amide bonds. The van der Waals surface area contributed by atoms with Gasteiger partial charge in [-0.2, -0.15) is 0 Å². The number of hydrogen-bond acceptors (Lipinski definition) is 4. The van der Waals surface area contributed by atoms with E-state index in [0.717, 1.165) is 27.0 Å². The van der Waals surface area contributed by atoms with Crippen LogP contribution in [0.25, 0.3) is 0 Å². The fourth-order valence-electron chi connectivity index (χ4n) is 3.19. The molecule has 180 valence electrons. The largest absolute Gasteiger partial charge is 0.354 e. The fraction of sp³-hybridized carbons (Fsp3) is 0.391. The minimum atomic E-state index is -3.77. The molecule has 1 N–H and O–H groups in total. The van der Waals surface area contributed by atoms with Gasteiger partial charge in [0.1, 0.15) is 12.6 Å². The highest BCUT2D eigenvalue weighted by atomic mass is 79.9. The van der Waals surface area contributed by atoms with Gasteiger partial charge in [-0.1, -0.05) is 52.7 Å². The maximum absolute atomic E-state index is 13.4. The van der Waals surface area contributed by atoms with Gasteiger partial charge in [-0.25, -0.2) is 8.42 Å². The number of rotatable bonds is 10. The zero-order chi connectivity index (χ0) is 24.8. The van der Waals surface area contributed by atoms with Gasteiger partial charge in [-0.15, -0.1) is 0 Å². The third kappa shape index (κ3) is 7.45. The molecule has 0 aromatic heterocycles. The van der Waals surface area contributed by atoms with Crippen LogP contribution in [0.4, 0.5) is 5.69 Å². The Morgan fingerprint density at radius 3 is 2.42 bits per heavy atom. The molecule has 7 nitrogen and oxygen atoms in total. The fourth-order valence-corrected chi connectivity index (χ4v) is 4.47. The van der Waals surface area contributed by atoms with Gasteiger partial charge in [0.2, 0.25) is 21.8 Å². The summed E-state index contributed by atoms with van der Waals surface area (Å²) in [6.07, 6.45) is 1.80. The van der Waals surface area contributed by atoms with Crippen LogP contribution in [-0.4, -0.2) is 50.5 Å². The normalized spacial score (nSPS) is 12.2. The van der Waals surface area contributed by atoms with Crippen molar-refractivity contribution in [1.29, 1.82) is 0 Å². The first kappa shape index (κ1) is 27.1. The Kier molecular flexibility index (Phi) is 9.75. The van der Waals surface area contributed by atoms with Gasteiger partial charge in [0.05, 0.1) is 11.9 Å². The number of nitrogens with one attached hydrogen (secondary N) is 1. The summed E-state index contributed by atoms with van der Waals surface area (Å²) in [5.74, 6) is -0.831. The molecular formula is C23H29BrClN3O4S. The lowest BCUT2D eigenvalue weighted by molar-refractivity contribution is -0.139. The molecule has 0 unspecified atom stereocenters.